The topological polar surface area (TPSA) is 61.8 Å². The van der Waals surface area contributed by atoms with Gasteiger partial charge in [0.15, 0.2) is 0 Å². The molecule has 0 aromatic heterocycles. The lowest BCUT2D eigenvalue weighted by Gasteiger charge is -2.33. The molecule has 4 rings (SSSR count). The molecule has 0 aliphatic carbocycles. The van der Waals surface area contributed by atoms with Crippen LogP contribution >= 0.6 is 11.6 Å². The van der Waals surface area contributed by atoms with E-state index in [1.54, 1.807) is 12.1 Å². The van der Waals surface area contributed by atoms with E-state index in [0.717, 1.165) is 55.2 Å². The largest absolute Gasteiger partial charge is 0.478 e. The van der Waals surface area contributed by atoms with Crippen LogP contribution in [-0.4, -0.2) is 35.1 Å². The van der Waals surface area contributed by atoms with Crippen LogP contribution in [0.1, 0.15) is 28.8 Å². The molecule has 3 aromatic rings. The van der Waals surface area contributed by atoms with Gasteiger partial charge in [0.1, 0.15) is 11.5 Å². The van der Waals surface area contributed by atoms with Crippen molar-refractivity contribution in [2.75, 3.05) is 18.4 Å². The number of halogens is 1. The van der Waals surface area contributed by atoms with Gasteiger partial charge in [0.05, 0.1) is 5.56 Å². The monoisotopic (exact) mass is 436 g/mol. The lowest BCUT2D eigenvalue weighted by Crippen LogP contribution is -2.38. The number of carboxylic acids is 1. The Hall–Kier alpha value is -3.02. The van der Waals surface area contributed by atoms with Gasteiger partial charge in [0.2, 0.25) is 0 Å². The van der Waals surface area contributed by atoms with Crippen molar-refractivity contribution in [3.63, 3.8) is 0 Å². The maximum absolute atomic E-state index is 11.0. The van der Waals surface area contributed by atoms with E-state index in [1.807, 2.05) is 60.7 Å². The van der Waals surface area contributed by atoms with Gasteiger partial charge in [-0.1, -0.05) is 23.7 Å². The zero-order chi connectivity index (χ0) is 21.6. The van der Waals surface area contributed by atoms with Gasteiger partial charge in [-0.05, 0) is 79.1 Å². The zero-order valence-corrected chi connectivity index (χ0v) is 17.9. The van der Waals surface area contributed by atoms with Crippen LogP contribution in [0, 0.1) is 0 Å². The van der Waals surface area contributed by atoms with Crippen molar-refractivity contribution < 1.29 is 14.6 Å². The lowest BCUT2D eigenvalue weighted by molar-refractivity contribution is 0.0697. The Labute approximate surface area is 187 Å². The molecule has 0 amide bonds. The molecule has 0 radical (unpaired) electrons. The minimum atomic E-state index is -0.886. The Morgan fingerprint density at radius 3 is 2.10 bits per heavy atom. The third kappa shape index (κ3) is 6.00. The highest BCUT2D eigenvalue weighted by Gasteiger charge is 2.19. The minimum absolute atomic E-state index is 0.330. The molecular formula is C25H25ClN2O3. The molecule has 31 heavy (non-hydrogen) atoms. The first-order valence-corrected chi connectivity index (χ1v) is 10.8. The normalized spacial score (nSPS) is 14.9. The Morgan fingerprint density at radius 1 is 0.935 bits per heavy atom. The second-order valence-electron chi connectivity index (χ2n) is 7.78. The van der Waals surface area contributed by atoms with Crippen LogP contribution in [0.2, 0.25) is 5.02 Å². The van der Waals surface area contributed by atoms with Crippen LogP contribution in [0.15, 0.2) is 72.8 Å². The second-order valence-corrected chi connectivity index (χ2v) is 8.21. The van der Waals surface area contributed by atoms with Crippen LogP contribution in [0.4, 0.5) is 5.69 Å². The number of nitrogens with zero attached hydrogens (tertiary/aromatic N) is 1. The number of rotatable bonds is 7. The van der Waals surface area contributed by atoms with E-state index >= 15 is 0 Å². The molecule has 1 heterocycles. The second kappa shape index (κ2) is 9.86. The number of aromatic carboxylic acids is 1. The summed E-state index contributed by atoms with van der Waals surface area (Å²) in [4.78, 5) is 13.4. The maximum atomic E-state index is 11.0. The van der Waals surface area contributed by atoms with Crippen molar-refractivity contribution >= 4 is 23.3 Å². The maximum Gasteiger partial charge on any atom is 0.335 e. The van der Waals surface area contributed by atoms with Crippen LogP contribution in [0.25, 0.3) is 0 Å². The highest BCUT2D eigenvalue weighted by molar-refractivity contribution is 6.30. The molecule has 160 valence electrons. The van der Waals surface area contributed by atoms with Crippen LogP contribution in [-0.2, 0) is 6.54 Å². The van der Waals surface area contributed by atoms with Crippen LogP contribution in [0.5, 0.6) is 11.5 Å². The van der Waals surface area contributed by atoms with Crippen molar-refractivity contribution in [3.8, 4) is 11.5 Å². The molecule has 0 atom stereocenters. The van der Waals surface area contributed by atoms with Gasteiger partial charge >= 0.3 is 5.97 Å². The molecule has 0 spiro atoms. The average Bonchev–Trinajstić information content (AvgIpc) is 2.78. The average molecular weight is 437 g/mol. The van der Waals surface area contributed by atoms with Gasteiger partial charge in [-0.15, -0.1) is 0 Å². The number of anilines is 1. The number of nitrogens with one attached hydrogen (secondary N) is 1. The quantitative estimate of drug-likeness (QED) is 0.482. The third-order valence-electron chi connectivity index (χ3n) is 5.47. The first-order valence-electron chi connectivity index (χ1n) is 10.4. The molecule has 0 unspecified atom stereocenters. The SMILES string of the molecule is O=C(O)c1ccc(CN2CCC(Nc3ccc(Oc4ccc(Cl)cc4)cc3)CC2)cc1. The minimum Gasteiger partial charge on any atom is -0.478 e. The Bertz CT molecular complexity index is 996. The number of carboxylic acid groups (broad SMARTS) is 1. The van der Waals surface area contributed by atoms with E-state index in [9.17, 15) is 4.79 Å². The summed E-state index contributed by atoms with van der Waals surface area (Å²) in [5.74, 6) is 0.662. The molecule has 3 aromatic carbocycles. The molecule has 1 aliphatic heterocycles. The van der Waals surface area contributed by atoms with Gasteiger partial charge in [-0.25, -0.2) is 4.79 Å². The molecule has 0 bridgehead atoms. The summed E-state index contributed by atoms with van der Waals surface area (Å²) in [7, 11) is 0. The molecule has 1 saturated heterocycles. The van der Waals surface area contributed by atoms with Crippen LogP contribution < -0.4 is 10.1 Å². The van der Waals surface area contributed by atoms with Crippen LogP contribution in [0.3, 0.4) is 0 Å². The Balaban J connectivity index is 1.24. The summed E-state index contributed by atoms with van der Waals surface area (Å²) >= 11 is 5.91. The molecule has 0 saturated carbocycles. The predicted octanol–water partition coefficient (Wildman–Crippen LogP) is 5.91. The smallest absolute Gasteiger partial charge is 0.335 e. The Kier molecular flexibility index (Phi) is 6.75. The summed E-state index contributed by atoms with van der Waals surface area (Å²) in [5.41, 5.74) is 2.56. The highest BCUT2D eigenvalue weighted by Crippen LogP contribution is 2.25. The lowest BCUT2D eigenvalue weighted by atomic mass is 10.0. The summed E-state index contributed by atoms with van der Waals surface area (Å²) in [6.45, 7) is 2.87. The van der Waals surface area contributed by atoms with E-state index in [-0.39, 0.29) is 0 Å². The standard InChI is InChI=1S/C25H25ClN2O3/c26-20-5-9-23(10-6-20)31-24-11-7-21(8-12-24)27-22-13-15-28(16-14-22)17-18-1-3-19(4-2-18)25(29)30/h1-12,22,27H,13-17H2,(H,29,30). The van der Waals surface area contributed by atoms with Crippen molar-refractivity contribution in [1.29, 1.82) is 0 Å². The van der Waals surface area contributed by atoms with E-state index in [2.05, 4.69) is 10.2 Å². The summed E-state index contributed by atoms with van der Waals surface area (Å²) in [6, 6.07) is 22.9. The molecule has 1 aliphatic rings. The fourth-order valence-corrected chi connectivity index (χ4v) is 3.87. The number of piperidine rings is 1. The van der Waals surface area contributed by atoms with Gasteiger partial charge in [-0.2, -0.15) is 0 Å². The number of carbonyl (C=O) groups is 1. The van der Waals surface area contributed by atoms with Gasteiger partial charge in [0.25, 0.3) is 0 Å². The van der Waals surface area contributed by atoms with Crippen molar-refractivity contribution in [2.24, 2.45) is 0 Å². The number of hydrogen-bond donors (Lipinski definition) is 2. The molecule has 2 N–H and O–H groups in total. The van der Waals surface area contributed by atoms with Gasteiger partial charge in [-0.3, -0.25) is 4.90 Å². The molecule has 1 fully saturated rings. The first-order chi connectivity index (χ1) is 15.0. The fourth-order valence-electron chi connectivity index (χ4n) is 3.74. The molecular weight excluding hydrogens is 412 g/mol. The van der Waals surface area contributed by atoms with Gasteiger partial charge < -0.3 is 15.2 Å². The fraction of sp³-hybridized carbons (Fsp3) is 0.240. The summed E-state index contributed by atoms with van der Waals surface area (Å²) < 4.78 is 5.84. The summed E-state index contributed by atoms with van der Waals surface area (Å²) in [5, 5.41) is 13.3. The summed E-state index contributed by atoms with van der Waals surface area (Å²) in [6.07, 6.45) is 2.13. The van der Waals surface area contributed by atoms with Crippen molar-refractivity contribution in [1.82, 2.24) is 4.90 Å². The number of likely N-dealkylation sites (tertiary alicyclic amines) is 1. The van der Waals surface area contributed by atoms with Gasteiger partial charge in [0, 0.05) is 36.4 Å². The number of hydrogen-bond acceptors (Lipinski definition) is 4. The van der Waals surface area contributed by atoms with E-state index < -0.39 is 5.97 Å². The van der Waals surface area contributed by atoms with E-state index in [1.165, 1.54) is 0 Å². The molecule has 6 heteroatoms. The van der Waals surface area contributed by atoms with Crippen molar-refractivity contribution in [3.05, 3.63) is 88.9 Å². The molecule has 5 nitrogen and oxygen atoms in total. The first kappa shape index (κ1) is 21.2. The third-order valence-corrected chi connectivity index (χ3v) is 5.72. The Morgan fingerprint density at radius 2 is 1.52 bits per heavy atom. The van der Waals surface area contributed by atoms with Crippen molar-refractivity contribution in [2.45, 2.75) is 25.4 Å². The van der Waals surface area contributed by atoms with E-state index in [0.29, 0.717) is 16.6 Å². The zero-order valence-electron chi connectivity index (χ0n) is 17.1. The number of ether oxygens (including phenoxy) is 1. The highest BCUT2D eigenvalue weighted by atomic mass is 35.5. The predicted molar refractivity (Wildman–Crippen MR) is 123 cm³/mol. The number of benzene rings is 3. The van der Waals surface area contributed by atoms with E-state index in [4.69, 9.17) is 21.4 Å².